The number of amides is 1. The van der Waals surface area contributed by atoms with Gasteiger partial charge in [0.2, 0.25) is 15.9 Å². The molecule has 0 aliphatic carbocycles. The number of hydrogen-bond donors (Lipinski definition) is 2. The number of aliphatic hydroxyl groups is 1. The molecular weight excluding hydrogens is 388 g/mol. The van der Waals surface area contributed by atoms with E-state index >= 15 is 0 Å². The zero-order valence-electron chi connectivity index (χ0n) is 15.8. The zero-order chi connectivity index (χ0) is 20.4. The number of rotatable bonds is 5. The first-order chi connectivity index (χ1) is 14.0. The smallest absolute Gasteiger partial charge is 0.244 e. The fraction of sp³-hybridized carbons (Fsp3) is 0.227. The van der Waals surface area contributed by atoms with E-state index in [-0.39, 0.29) is 24.6 Å². The van der Waals surface area contributed by atoms with Crippen LogP contribution < -0.4 is 5.32 Å². The number of fused-ring (bicyclic) bond motifs is 2. The van der Waals surface area contributed by atoms with Gasteiger partial charge in [-0.25, -0.2) is 8.42 Å². The van der Waals surface area contributed by atoms with Crippen molar-refractivity contribution in [2.45, 2.75) is 23.9 Å². The topological polar surface area (TPSA) is 86.7 Å². The van der Waals surface area contributed by atoms with Crippen molar-refractivity contribution in [3.8, 4) is 0 Å². The summed E-state index contributed by atoms with van der Waals surface area (Å²) in [5, 5.41) is 13.4. The van der Waals surface area contributed by atoms with Gasteiger partial charge in [0.15, 0.2) is 0 Å². The van der Waals surface area contributed by atoms with E-state index in [1.807, 2.05) is 48.5 Å². The average molecular weight is 410 g/mol. The fourth-order valence-corrected chi connectivity index (χ4v) is 5.34. The molecule has 0 saturated carbocycles. The molecule has 0 spiro atoms. The third-order valence-electron chi connectivity index (χ3n) is 5.25. The summed E-state index contributed by atoms with van der Waals surface area (Å²) in [6.07, 6.45) is 0.292. The van der Waals surface area contributed by atoms with E-state index < -0.39 is 22.0 Å². The van der Waals surface area contributed by atoms with Crippen LogP contribution in [0.1, 0.15) is 11.1 Å². The van der Waals surface area contributed by atoms with Gasteiger partial charge < -0.3 is 10.4 Å². The molecule has 1 heterocycles. The lowest BCUT2D eigenvalue weighted by Gasteiger charge is -2.35. The Morgan fingerprint density at radius 3 is 2.45 bits per heavy atom. The highest BCUT2D eigenvalue weighted by atomic mass is 32.2. The molecule has 1 amide bonds. The summed E-state index contributed by atoms with van der Waals surface area (Å²) in [5.41, 5.74) is 1.85. The lowest BCUT2D eigenvalue weighted by molar-refractivity contribution is -0.125. The molecule has 1 aliphatic rings. The highest BCUT2D eigenvalue weighted by molar-refractivity contribution is 7.89. The first-order valence-corrected chi connectivity index (χ1v) is 10.9. The fourth-order valence-electron chi connectivity index (χ4n) is 3.74. The molecule has 0 fully saturated rings. The van der Waals surface area contributed by atoms with Crippen LogP contribution in [0.25, 0.3) is 10.8 Å². The van der Waals surface area contributed by atoms with Gasteiger partial charge in [-0.3, -0.25) is 4.79 Å². The highest BCUT2D eigenvalue weighted by Gasteiger charge is 2.39. The molecule has 6 nitrogen and oxygen atoms in total. The second kappa shape index (κ2) is 7.94. The standard InChI is InChI=1S/C22H22N2O4S/c25-12-11-23-22(26)21-14-18-7-3-4-8-19(18)15-24(21)29(27,28)20-10-9-16-5-1-2-6-17(16)13-20/h1-10,13,21,25H,11-12,14-15H2,(H,23,26)/t21-/m0/s1. The molecule has 0 radical (unpaired) electrons. The molecule has 1 aliphatic heterocycles. The normalized spacial score (nSPS) is 17.1. The lowest BCUT2D eigenvalue weighted by Crippen LogP contribution is -2.52. The van der Waals surface area contributed by atoms with E-state index in [2.05, 4.69) is 5.32 Å². The van der Waals surface area contributed by atoms with Crippen LogP contribution in [-0.4, -0.2) is 42.9 Å². The molecular formula is C22H22N2O4S. The van der Waals surface area contributed by atoms with E-state index in [9.17, 15) is 13.2 Å². The summed E-state index contributed by atoms with van der Waals surface area (Å²) in [5.74, 6) is -0.405. The van der Waals surface area contributed by atoms with Crippen LogP contribution in [0.3, 0.4) is 0 Å². The quantitative estimate of drug-likeness (QED) is 0.674. The van der Waals surface area contributed by atoms with Crippen molar-refractivity contribution >= 4 is 26.7 Å². The van der Waals surface area contributed by atoms with Gasteiger partial charge in [-0.05, 0) is 40.5 Å². The third kappa shape index (κ3) is 3.76. The second-order valence-electron chi connectivity index (χ2n) is 7.06. The van der Waals surface area contributed by atoms with E-state index in [4.69, 9.17) is 5.11 Å². The van der Waals surface area contributed by atoms with Crippen LogP contribution in [0.4, 0.5) is 0 Å². The number of carbonyl (C=O) groups excluding carboxylic acids is 1. The predicted octanol–water partition coefficient (Wildman–Crippen LogP) is 2.06. The first-order valence-electron chi connectivity index (χ1n) is 9.47. The monoisotopic (exact) mass is 410 g/mol. The predicted molar refractivity (Wildman–Crippen MR) is 111 cm³/mol. The minimum Gasteiger partial charge on any atom is -0.395 e. The minimum absolute atomic E-state index is 0.0842. The molecule has 1 atom stereocenters. The molecule has 4 rings (SSSR count). The summed E-state index contributed by atoms with van der Waals surface area (Å²) in [6, 6.07) is 19.3. The molecule has 0 unspecified atom stereocenters. The Hall–Kier alpha value is -2.74. The maximum atomic E-state index is 13.5. The Kier molecular flexibility index (Phi) is 5.36. The van der Waals surface area contributed by atoms with Crippen molar-refractivity contribution in [1.29, 1.82) is 0 Å². The van der Waals surface area contributed by atoms with Crippen LogP contribution in [0, 0.1) is 0 Å². The van der Waals surface area contributed by atoms with Crippen molar-refractivity contribution in [1.82, 2.24) is 9.62 Å². The maximum Gasteiger partial charge on any atom is 0.244 e. The number of carbonyl (C=O) groups is 1. The summed E-state index contributed by atoms with van der Waals surface area (Å²) in [6.45, 7) is 0.00978. The van der Waals surface area contributed by atoms with Crippen molar-refractivity contribution in [2.24, 2.45) is 0 Å². The summed E-state index contributed by atoms with van der Waals surface area (Å²) in [7, 11) is -3.91. The minimum atomic E-state index is -3.91. The number of sulfonamides is 1. The molecule has 0 bridgehead atoms. The van der Waals surface area contributed by atoms with E-state index in [1.165, 1.54) is 4.31 Å². The molecule has 3 aromatic carbocycles. The summed E-state index contributed by atoms with van der Waals surface area (Å²) in [4.78, 5) is 12.9. The van der Waals surface area contributed by atoms with Gasteiger partial charge in [0.25, 0.3) is 0 Å². The maximum absolute atomic E-state index is 13.5. The van der Waals surface area contributed by atoms with Gasteiger partial charge >= 0.3 is 0 Å². The Bertz CT molecular complexity index is 1160. The third-order valence-corrected chi connectivity index (χ3v) is 7.10. The number of nitrogens with one attached hydrogen (secondary N) is 1. The highest BCUT2D eigenvalue weighted by Crippen LogP contribution is 2.30. The van der Waals surface area contributed by atoms with Gasteiger partial charge in [0.1, 0.15) is 6.04 Å². The molecule has 2 N–H and O–H groups in total. The van der Waals surface area contributed by atoms with E-state index in [0.717, 1.165) is 21.9 Å². The van der Waals surface area contributed by atoms with Crippen molar-refractivity contribution in [2.75, 3.05) is 13.2 Å². The van der Waals surface area contributed by atoms with Crippen molar-refractivity contribution < 1.29 is 18.3 Å². The Labute approximate surface area is 169 Å². The average Bonchev–Trinajstić information content (AvgIpc) is 2.76. The lowest BCUT2D eigenvalue weighted by atomic mass is 9.95. The molecule has 3 aromatic rings. The van der Waals surface area contributed by atoms with Crippen LogP contribution >= 0.6 is 0 Å². The van der Waals surface area contributed by atoms with Gasteiger partial charge in [-0.1, -0.05) is 54.6 Å². The number of aliphatic hydroxyl groups excluding tert-OH is 1. The van der Waals surface area contributed by atoms with Gasteiger partial charge in [-0.2, -0.15) is 4.31 Å². The van der Waals surface area contributed by atoms with E-state index in [1.54, 1.807) is 18.2 Å². The second-order valence-corrected chi connectivity index (χ2v) is 8.95. The Morgan fingerprint density at radius 2 is 1.69 bits per heavy atom. The van der Waals surface area contributed by atoms with Crippen LogP contribution in [0.5, 0.6) is 0 Å². The van der Waals surface area contributed by atoms with E-state index in [0.29, 0.717) is 6.42 Å². The molecule has 0 saturated heterocycles. The van der Waals surface area contributed by atoms with Crippen LogP contribution in [0.15, 0.2) is 71.6 Å². The Balaban J connectivity index is 1.76. The molecule has 0 aromatic heterocycles. The van der Waals surface area contributed by atoms with Gasteiger partial charge in [0, 0.05) is 13.1 Å². The van der Waals surface area contributed by atoms with Crippen molar-refractivity contribution in [3.63, 3.8) is 0 Å². The largest absolute Gasteiger partial charge is 0.395 e. The Morgan fingerprint density at radius 1 is 1.00 bits per heavy atom. The molecule has 150 valence electrons. The van der Waals surface area contributed by atoms with Crippen molar-refractivity contribution in [3.05, 3.63) is 77.9 Å². The number of nitrogens with zero attached hydrogens (tertiary/aromatic N) is 1. The number of hydrogen-bond acceptors (Lipinski definition) is 4. The van der Waals surface area contributed by atoms with Gasteiger partial charge in [0.05, 0.1) is 11.5 Å². The zero-order valence-corrected chi connectivity index (χ0v) is 16.6. The molecule has 29 heavy (non-hydrogen) atoms. The summed E-state index contributed by atoms with van der Waals surface area (Å²) >= 11 is 0. The molecule has 7 heteroatoms. The van der Waals surface area contributed by atoms with Crippen LogP contribution in [-0.2, 0) is 27.8 Å². The summed E-state index contributed by atoms with van der Waals surface area (Å²) < 4.78 is 28.3. The SMILES string of the molecule is O=C(NCCO)[C@@H]1Cc2ccccc2CN1S(=O)(=O)c1ccc2ccccc2c1. The number of benzene rings is 3. The van der Waals surface area contributed by atoms with Gasteiger partial charge in [-0.15, -0.1) is 0 Å². The van der Waals surface area contributed by atoms with Crippen LogP contribution in [0.2, 0.25) is 0 Å². The first kappa shape index (κ1) is 19.6.